The van der Waals surface area contributed by atoms with Gasteiger partial charge in [-0.1, -0.05) is 0 Å². The fraction of sp³-hybridized carbons (Fsp3) is 0.316. The lowest BCUT2D eigenvalue weighted by molar-refractivity contribution is 0.0731. The van der Waals surface area contributed by atoms with Crippen molar-refractivity contribution < 1.29 is 13.9 Å². The lowest BCUT2D eigenvalue weighted by Crippen LogP contribution is -2.35. The third-order valence-electron chi connectivity index (χ3n) is 4.43. The molecule has 1 unspecified atom stereocenters. The molecular formula is C19H22N2O3. The van der Waals surface area contributed by atoms with Crippen LogP contribution in [0.5, 0.6) is 5.75 Å². The lowest BCUT2D eigenvalue weighted by atomic mass is 10.1. The van der Waals surface area contributed by atoms with Crippen molar-refractivity contribution in [2.45, 2.75) is 25.8 Å². The highest BCUT2D eigenvalue weighted by molar-refractivity contribution is 5.98. The van der Waals surface area contributed by atoms with Gasteiger partial charge in [0.25, 0.3) is 5.91 Å². The van der Waals surface area contributed by atoms with Gasteiger partial charge >= 0.3 is 0 Å². The van der Waals surface area contributed by atoms with Gasteiger partial charge in [-0.2, -0.15) is 0 Å². The minimum atomic E-state index is -0.0166. The van der Waals surface area contributed by atoms with Gasteiger partial charge in [0.1, 0.15) is 17.2 Å². The highest BCUT2D eigenvalue weighted by atomic mass is 16.5. The van der Waals surface area contributed by atoms with Crippen LogP contribution in [0.3, 0.4) is 0 Å². The molecule has 3 rings (SSSR count). The minimum absolute atomic E-state index is 0.0166. The molecule has 5 heteroatoms. The summed E-state index contributed by atoms with van der Waals surface area (Å²) in [5, 5.41) is 0.996. The van der Waals surface area contributed by atoms with E-state index in [2.05, 4.69) is 4.98 Å². The number of aromatic amines is 1. The average Bonchev–Trinajstić information content (AvgIpc) is 3.26. The monoisotopic (exact) mass is 326 g/mol. The number of aromatic nitrogens is 1. The zero-order chi connectivity index (χ0) is 17.1. The van der Waals surface area contributed by atoms with Gasteiger partial charge in [0, 0.05) is 36.5 Å². The van der Waals surface area contributed by atoms with Crippen molar-refractivity contribution in [1.82, 2.24) is 9.88 Å². The molecule has 0 aliphatic heterocycles. The lowest BCUT2D eigenvalue weighted by Gasteiger charge is -2.24. The summed E-state index contributed by atoms with van der Waals surface area (Å²) in [6.45, 7) is 2.05. The maximum atomic E-state index is 12.7. The van der Waals surface area contributed by atoms with Crippen LogP contribution in [0.4, 0.5) is 0 Å². The number of hydrogen-bond acceptors (Lipinski definition) is 3. The second-order valence-electron chi connectivity index (χ2n) is 6.02. The molecule has 0 saturated heterocycles. The number of benzene rings is 1. The van der Waals surface area contributed by atoms with Crippen molar-refractivity contribution in [3.8, 4) is 5.75 Å². The molecule has 1 N–H and O–H groups in total. The summed E-state index contributed by atoms with van der Waals surface area (Å²) >= 11 is 0. The normalized spacial score (nSPS) is 12.3. The van der Waals surface area contributed by atoms with Gasteiger partial charge < -0.3 is 19.0 Å². The van der Waals surface area contributed by atoms with Crippen molar-refractivity contribution in [2.24, 2.45) is 0 Å². The Kier molecular flexibility index (Phi) is 4.60. The Morgan fingerprint density at radius 1 is 1.33 bits per heavy atom. The second kappa shape index (κ2) is 6.83. The predicted octanol–water partition coefficient (Wildman–Crippen LogP) is 3.86. The molecule has 0 bridgehead atoms. The number of fused-ring (bicyclic) bond motifs is 1. The number of carbonyl (C=O) groups excluding carboxylic acids is 1. The van der Waals surface area contributed by atoms with E-state index in [0.29, 0.717) is 5.69 Å². The summed E-state index contributed by atoms with van der Waals surface area (Å²) in [6.07, 6.45) is 3.34. The quantitative estimate of drug-likeness (QED) is 0.748. The third kappa shape index (κ3) is 3.30. The molecule has 126 valence electrons. The number of furan rings is 1. The molecule has 0 saturated carbocycles. The topological polar surface area (TPSA) is 58.5 Å². The molecule has 0 radical (unpaired) electrons. The van der Waals surface area contributed by atoms with E-state index in [1.165, 1.54) is 0 Å². The molecule has 3 aromatic rings. The number of carbonyl (C=O) groups is 1. The Morgan fingerprint density at radius 3 is 2.88 bits per heavy atom. The second-order valence-corrected chi connectivity index (χ2v) is 6.02. The molecule has 0 spiro atoms. The Balaban J connectivity index is 1.70. The highest BCUT2D eigenvalue weighted by Gasteiger charge is 2.19. The highest BCUT2D eigenvalue weighted by Crippen LogP contribution is 2.22. The first-order chi connectivity index (χ1) is 11.6. The summed E-state index contributed by atoms with van der Waals surface area (Å²) < 4.78 is 10.6. The van der Waals surface area contributed by atoms with E-state index in [1.54, 1.807) is 18.3 Å². The summed E-state index contributed by atoms with van der Waals surface area (Å²) in [6, 6.07) is 11.6. The van der Waals surface area contributed by atoms with Gasteiger partial charge in [0.15, 0.2) is 0 Å². The summed E-state index contributed by atoms with van der Waals surface area (Å²) in [4.78, 5) is 17.7. The molecule has 1 amide bonds. The predicted molar refractivity (Wildman–Crippen MR) is 93.4 cm³/mol. The molecule has 5 nitrogen and oxygen atoms in total. The van der Waals surface area contributed by atoms with Gasteiger partial charge in [-0.3, -0.25) is 4.79 Å². The number of nitrogens with one attached hydrogen (secondary N) is 1. The smallest absolute Gasteiger partial charge is 0.270 e. The fourth-order valence-electron chi connectivity index (χ4n) is 2.74. The first-order valence-corrected chi connectivity index (χ1v) is 8.05. The molecule has 2 aromatic heterocycles. The number of methoxy groups -OCH3 is 1. The van der Waals surface area contributed by atoms with Gasteiger partial charge in [0.05, 0.1) is 13.4 Å². The van der Waals surface area contributed by atoms with Crippen LogP contribution < -0.4 is 4.74 Å². The van der Waals surface area contributed by atoms with E-state index in [1.807, 2.05) is 50.4 Å². The van der Waals surface area contributed by atoms with Crippen molar-refractivity contribution in [3.63, 3.8) is 0 Å². The number of amides is 1. The maximum absolute atomic E-state index is 12.7. The molecule has 2 heterocycles. The molecule has 1 aromatic carbocycles. The molecule has 0 aliphatic rings. The van der Waals surface area contributed by atoms with Gasteiger partial charge in [-0.05, 0) is 43.7 Å². The largest absolute Gasteiger partial charge is 0.497 e. The summed E-state index contributed by atoms with van der Waals surface area (Å²) in [7, 11) is 3.46. The van der Waals surface area contributed by atoms with E-state index in [0.717, 1.165) is 35.3 Å². The van der Waals surface area contributed by atoms with Crippen LogP contribution in [0.25, 0.3) is 10.9 Å². The van der Waals surface area contributed by atoms with Crippen LogP contribution in [-0.2, 0) is 6.42 Å². The number of H-pyrrole nitrogens is 1. The third-order valence-corrected chi connectivity index (χ3v) is 4.43. The van der Waals surface area contributed by atoms with E-state index < -0.39 is 0 Å². The Hall–Kier alpha value is -2.69. The van der Waals surface area contributed by atoms with E-state index in [-0.39, 0.29) is 11.9 Å². The molecule has 0 aliphatic carbocycles. The maximum Gasteiger partial charge on any atom is 0.270 e. The van der Waals surface area contributed by atoms with E-state index in [4.69, 9.17) is 9.15 Å². The molecule has 1 atom stereocenters. The zero-order valence-electron chi connectivity index (χ0n) is 14.2. The number of nitrogens with zero attached hydrogens (tertiary/aromatic N) is 1. The van der Waals surface area contributed by atoms with Crippen LogP contribution in [-0.4, -0.2) is 36.0 Å². The average molecular weight is 326 g/mol. The molecule has 24 heavy (non-hydrogen) atoms. The first kappa shape index (κ1) is 16.2. The Bertz CT molecular complexity index is 820. The fourth-order valence-corrected chi connectivity index (χ4v) is 2.74. The molecule has 0 fully saturated rings. The standard InChI is InChI=1S/C19H22N2O3/c1-13(6-8-15-5-4-10-24-15)21(2)19(22)18-11-14-7-9-16(23-3)12-17(14)20-18/h4-5,7,9-13,20H,6,8H2,1-3H3. The van der Waals surface area contributed by atoms with Gasteiger partial charge in [0.2, 0.25) is 0 Å². The number of hydrogen-bond donors (Lipinski definition) is 1. The van der Waals surface area contributed by atoms with Crippen molar-refractivity contribution in [2.75, 3.05) is 14.2 Å². The van der Waals surface area contributed by atoms with Gasteiger partial charge in [-0.15, -0.1) is 0 Å². The van der Waals surface area contributed by atoms with Crippen molar-refractivity contribution >= 4 is 16.8 Å². The molecular weight excluding hydrogens is 304 g/mol. The number of ether oxygens (including phenoxy) is 1. The van der Waals surface area contributed by atoms with Gasteiger partial charge in [-0.25, -0.2) is 0 Å². The summed E-state index contributed by atoms with van der Waals surface area (Å²) in [5.41, 5.74) is 1.49. The zero-order valence-corrected chi connectivity index (χ0v) is 14.2. The Morgan fingerprint density at radius 2 is 2.17 bits per heavy atom. The van der Waals surface area contributed by atoms with Crippen molar-refractivity contribution in [1.29, 1.82) is 0 Å². The van der Waals surface area contributed by atoms with Crippen LogP contribution in [0.2, 0.25) is 0 Å². The van der Waals surface area contributed by atoms with Crippen LogP contribution in [0.1, 0.15) is 29.6 Å². The number of rotatable bonds is 6. The van der Waals surface area contributed by atoms with Crippen LogP contribution >= 0.6 is 0 Å². The first-order valence-electron chi connectivity index (χ1n) is 8.05. The number of aryl methyl sites for hydroxylation is 1. The minimum Gasteiger partial charge on any atom is -0.497 e. The van der Waals surface area contributed by atoms with E-state index >= 15 is 0 Å². The van der Waals surface area contributed by atoms with E-state index in [9.17, 15) is 4.79 Å². The van der Waals surface area contributed by atoms with Crippen LogP contribution in [0, 0.1) is 0 Å². The SMILES string of the molecule is COc1ccc2cc(C(=O)N(C)C(C)CCc3ccco3)[nH]c2c1. The summed E-state index contributed by atoms with van der Waals surface area (Å²) in [5.74, 6) is 1.70. The Labute approximate surface area is 141 Å². The van der Waals surface area contributed by atoms with Crippen LogP contribution in [0.15, 0.2) is 47.1 Å². The van der Waals surface area contributed by atoms with Crippen molar-refractivity contribution in [3.05, 3.63) is 54.1 Å².